The lowest BCUT2D eigenvalue weighted by atomic mass is 10.1. The van der Waals surface area contributed by atoms with Gasteiger partial charge >= 0.3 is 6.09 Å². The van der Waals surface area contributed by atoms with Crippen LogP contribution in [-0.4, -0.2) is 66.7 Å². The molecule has 2 heterocycles. The molecule has 0 radical (unpaired) electrons. The summed E-state index contributed by atoms with van der Waals surface area (Å²) in [6, 6.07) is -0.228. The molecule has 0 aliphatic carbocycles. The molecule has 0 aromatic carbocycles. The Labute approximate surface area is 182 Å². The van der Waals surface area contributed by atoms with Crippen molar-refractivity contribution in [3.05, 3.63) is 11.6 Å². The van der Waals surface area contributed by atoms with Gasteiger partial charge in [-0.25, -0.2) is 4.79 Å². The lowest BCUT2D eigenvalue weighted by Crippen LogP contribution is -2.60. The Kier molecular flexibility index (Phi) is 6.85. The highest BCUT2D eigenvalue weighted by atomic mass is 32.2. The van der Waals surface area contributed by atoms with Gasteiger partial charge in [-0.15, -0.1) is 11.8 Å². The largest absolute Gasteiger partial charge is 0.444 e. The summed E-state index contributed by atoms with van der Waals surface area (Å²) in [7, 11) is -0.0348. The second-order valence-corrected chi connectivity index (χ2v) is 16.8. The van der Waals surface area contributed by atoms with Crippen molar-refractivity contribution in [2.24, 2.45) is 0 Å². The number of carbonyl (C=O) groups is 1. The van der Waals surface area contributed by atoms with E-state index in [1.807, 2.05) is 34.6 Å². The number of likely N-dealkylation sites (N-methyl/N-ethyl adjacent to an activating group) is 1. The van der Waals surface area contributed by atoms with Crippen LogP contribution in [0.1, 0.15) is 55.4 Å². The Hall–Kier alpha value is -0.703. The maximum atomic E-state index is 13.2. The van der Waals surface area contributed by atoms with Gasteiger partial charge in [-0.05, 0) is 58.2 Å². The zero-order chi connectivity index (χ0) is 22.4. The van der Waals surface area contributed by atoms with E-state index < -0.39 is 19.6 Å². The SMILES string of the molecule is CN1C=CSC1[C@@H](O[Si](C)(C)C(C)(C)C)[C@H]1COC(C)(C)N1C(=O)OC(C)(C)C. The van der Waals surface area contributed by atoms with Gasteiger partial charge in [0.15, 0.2) is 8.32 Å². The summed E-state index contributed by atoms with van der Waals surface area (Å²) in [6.45, 7) is 21.2. The number of carbonyl (C=O) groups excluding carboxylic acids is 1. The van der Waals surface area contributed by atoms with Crippen molar-refractivity contribution in [3.63, 3.8) is 0 Å². The van der Waals surface area contributed by atoms with Crippen molar-refractivity contribution in [3.8, 4) is 0 Å². The number of nitrogens with zero attached hydrogens (tertiary/aromatic N) is 2. The van der Waals surface area contributed by atoms with E-state index >= 15 is 0 Å². The average Bonchev–Trinajstić information content (AvgIpc) is 3.04. The molecule has 0 spiro atoms. The third-order valence-corrected chi connectivity index (χ3v) is 11.6. The third kappa shape index (κ3) is 5.51. The van der Waals surface area contributed by atoms with Gasteiger partial charge in [0.05, 0.1) is 18.8 Å². The van der Waals surface area contributed by atoms with Gasteiger partial charge in [0.2, 0.25) is 0 Å². The normalized spacial score (nSPS) is 26.2. The molecule has 1 amide bonds. The first-order valence-corrected chi connectivity index (χ1v) is 14.2. The molecule has 2 rings (SSSR count). The van der Waals surface area contributed by atoms with Gasteiger partial charge in [-0.2, -0.15) is 0 Å². The van der Waals surface area contributed by atoms with Crippen LogP contribution in [-0.2, 0) is 13.9 Å². The topological polar surface area (TPSA) is 51.2 Å². The van der Waals surface area contributed by atoms with Gasteiger partial charge in [0.1, 0.15) is 16.7 Å². The molecule has 6 nitrogen and oxygen atoms in total. The number of ether oxygens (including phenoxy) is 2. The Morgan fingerprint density at radius 2 is 1.83 bits per heavy atom. The summed E-state index contributed by atoms with van der Waals surface area (Å²) in [5.74, 6) is 0. The van der Waals surface area contributed by atoms with Crippen molar-refractivity contribution in [2.75, 3.05) is 13.7 Å². The van der Waals surface area contributed by atoms with E-state index in [4.69, 9.17) is 13.9 Å². The molecule has 3 atom stereocenters. The maximum absolute atomic E-state index is 13.2. The van der Waals surface area contributed by atoms with Gasteiger partial charge in [0, 0.05) is 13.2 Å². The highest BCUT2D eigenvalue weighted by Crippen LogP contribution is 2.43. The first kappa shape index (κ1) is 24.6. The van der Waals surface area contributed by atoms with E-state index in [0.29, 0.717) is 6.61 Å². The summed E-state index contributed by atoms with van der Waals surface area (Å²) < 4.78 is 18.8. The van der Waals surface area contributed by atoms with Gasteiger partial charge in [0.25, 0.3) is 0 Å². The van der Waals surface area contributed by atoms with Crippen molar-refractivity contribution in [1.29, 1.82) is 0 Å². The van der Waals surface area contributed by atoms with Crippen LogP contribution in [0, 0.1) is 0 Å². The van der Waals surface area contributed by atoms with Crippen LogP contribution in [0.4, 0.5) is 4.79 Å². The predicted octanol–water partition coefficient (Wildman–Crippen LogP) is 5.22. The number of amides is 1. The second-order valence-electron chi connectivity index (χ2n) is 11.0. The van der Waals surface area contributed by atoms with Crippen molar-refractivity contribution in [2.45, 2.75) is 102 Å². The number of thioether (sulfide) groups is 1. The molecule has 168 valence electrons. The molecule has 0 aromatic heterocycles. The molecule has 29 heavy (non-hydrogen) atoms. The van der Waals surface area contributed by atoms with E-state index in [2.05, 4.69) is 57.4 Å². The maximum Gasteiger partial charge on any atom is 0.412 e. The fourth-order valence-corrected chi connectivity index (χ4v) is 5.78. The minimum atomic E-state index is -2.09. The summed E-state index contributed by atoms with van der Waals surface area (Å²) in [4.78, 5) is 17.1. The summed E-state index contributed by atoms with van der Waals surface area (Å²) >= 11 is 1.73. The van der Waals surface area contributed by atoms with Crippen LogP contribution < -0.4 is 0 Å². The highest BCUT2D eigenvalue weighted by Gasteiger charge is 2.53. The fourth-order valence-electron chi connectivity index (χ4n) is 3.29. The van der Waals surface area contributed by atoms with Crippen LogP contribution >= 0.6 is 11.8 Å². The molecular formula is C21H40N2O4SSi. The lowest BCUT2D eigenvalue weighted by molar-refractivity contribution is -0.0682. The molecule has 1 unspecified atom stereocenters. The minimum Gasteiger partial charge on any atom is -0.444 e. The summed E-state index contributed by atoms with van der Waals surface area (Å²) in [6.07, 6.45) is 1.51. The first-order valence-electron chi connectivity index (χ1n) is 10.3. The fraction of sp³-hybridized carbons (Fsp3) is 0.857. The van der Waals surface area contributed by atoms with E-state index in [0.717, 1.165) is 0 Å². The van der Waals surface area contributed by atoms with Crippen LogP contribution in [0.5, 0.6) is 0 Å². The smallest absolute Gasteiger partial charge is 0.412 e. The van der Waals surface area contributed by atoms with Crippen LogP contribution in [0.15, 0.2) is 11.6 Å². The predicted molar refractivity (Wildman–Crippen MR) is 122 cm³/mol. The van der Waals surface area contributed by atoms with Gasteiger partial charge < -0.3 is 18.8 Å². The van der Waals surface area contributed by atoms with Gasteiger partial charge in [-0.3, -0.25) is 4.90 Å². The number of rotatable bonds is 4. The molecule has 8 heteroatoms. The summed E-state index contributed by atoms with van der Waals surface area (Å²) in [5.41, 5.74) is -1.33. The number of hydrogen-bond donors (Lipinski definition) is 0. The van der Waals surface area contributed by atoms with Gasteiger partial charge in [-0.1, -0.05) is 20.8 Å². The Bertz CT molecular complexity index is 640. The quantitative estimate of drug-likeness (QED) is 0.554. The van der Waals surface area contributed by atoms with E-state index in [9.17, 15) is 4.79 Å². The van der Waals surface area contributed by atoms with E-state index in [1.54, 1.807) is 16.7 Å². The van der Waals surface area contributed by atoms with E-state index in [1.165, 1.54) is 0 Å². The van der Waals surface area contributed by atoms with Crippen LogP contribution in [0.2, 0.25) is 18.1 Å². The van der Waals surface area contributed by atoms with Crippen LogP contribution in [0.25, 0.3) is 0 Å². The second kappa shape index (κ2) is 8.09. The summed E-state index contributed by atoms with van der Waals surface area (Å²) in [5, 5.41) is 2.23. The molecule has 2 aliphatic rings. The molecule has 0 aromatic rings. The molecule has 0 bridgehead atoms. The molecule has 0 saturated carbocycles. The number of hydrogen-bond acceptors (Lipinski definition) is 6. The standard InChI is InChI=1S/C21H40N2O4SSi/c1-19(2,3)26-18(24)23-15(14-25-21(23,7)8)16(17-22(9)12-13-28-17)27-29(10,11)20(4,5)6/h12-13,15-17H,14H2,1-11H3/t15-,16+,17?/m1/s1. The lowest BCUT2D eigenvalue weighted by Gasteiger charge is -2.46. The molecular weight excluding hydrogens is 404 g/mol. The zero-order valence-corrected chi connectivity index (χ0v) is 21.8. The Morgan fingerprint density at radius 1 is 1.24 bits per heavy atom. The van der Waals surface area contributed by atoms with E-state index in [-0.39, 0.29) is 28.7 Å². The minimum absolute atomic E-state index is 0.0618. The molecule has 1 fully saturated rings. The van der Waals surface area contributed by atoms with Crippen molar-refractivity contribution >= 4 is 26.2 Å². The Balaban J connectivity index is 2.41. The zero-order valence-electron chi connectivity index (χ0n) is 20.0. The Morgan fingerprint density at radius 3 is 2.28 bits per heavy atom. The molecule has 2 aliphatic heterocycles. The average molecular weight is 445 g/mol. The monoisotopic (exact) mass is 444 g/mol. The van der Waals surface area contributed by atoms with Crippen LogP contribution in [0.3, 0.4) is 0 Å². The van der Waals surface area contributed by atoms with Crippen molar-refractivity contribution in [1.82, 2.24) is 9.80 Å². The van der Waals surface area contributed by atoms with Crippen molar-refractivity contribution < 1.29 is 18.7 Å². The molecule has 0 N–H and O–H groups in total. The molecule has 1 saturated heterocycles. The first-order chi connectivity index (χ1) is 13.0. The highest BCUT2D eigenvalue weighted by molar-refractivity contribution is 8.02. The third-order valence-electron chi connectivity index (χ3n) is 5.92.